The highest BCUT2D eigenvalue weighted by atomic mass is 32.2. The summed E-state index contributed by atoms with van der Waals surface area (Å²) in [6.07, 6.45) is 2.06. The molecular weight excluding hydrogens is 220 g/mol. The third-order valence-electron chi connectivity index (χ3n) is 1.89. The van der Waals surface area contributed by atoms with E-state index in [0.29, 0.717) is 10.3 Å². The molecule has 1 aromatic rings. The summed E-state index contributed by atoms with van der Waals surface area (Å²) in [7, 11) is 0. The van der Waals surface area contributed by atoms with E-state index in [4.69, 9.17) is 5.73 Å². The Morgan fingerprint density at radius 1 is 1.57 bits per heavy atom. The Balaban J connectivity index is 1.93. The second kappa shape index (κ2) is 4.14. The van der Waals surface area contributed by atoms with Crippen LogP contribution in [-0.2, 0) is 4.79 Å². The van der Waals surface area contributed by atoms with E-state index in [2.05, 4.69) is 15.5 Å². The molecular formula is C7H10N4OS2. The molecule has 76 valence electrons. The van der Waals surface area contributed by atoms with Gasteiger partial charge in [0.25, 0.3) is 0 Å². The molecule has 0 saturated carbocycles. The van der Waals surface area contributed by atoms with Crippen molar-refractivity contribution in [3.63, 3.8) is 0 Å². The highest BCUT2D eigenvalue weighted by Crippen LogP contribution is 2.27. The summed E-state index contributed by atoms with van der Waals surface area (Å²) in [5.74, 6) is 1.08. The number of thioether (sulfide) groups is 1. The molecule has 3 N–H and O–H groups in total. The fraction of sp³-hybridized carbons (Fsp3) is 0.571. The Hall–Kier alpha value is -0.820. The highest BCUT2D eigenvalue weighted by Gasteiger charge is 2.23. The standard InChI is InChI=1S/C7H10N4OS2/c8-6-10-11-7(14-6)9-5(12)4-2-1-3-13-4/h4H,1-3H2,(H2,8,10)(H,9,11,12). The zero-order chi connectivity index (χ0) is 9.97. The normalized spacial score (nSPS) is 21.0. The molecule has 1 amide bonds. The Labute approximate surface area is 89.5 Å². The van der Waals surface area contributed by atoms with Crippen LogP contribution in [0, 0.1) is 0 Å². The predicted octanol–water partition coefficient (Wildman–Crippen LogP) is 0.954. The molecule has 0 spiro atoms. The SMILES string of the molecule is Nc1nnc(NC(=O)C2CCCS2)s1. The molecule has 14 heavy (non-hydrogen) atoms. The quantitative estimate of drug-likeness (QED) is 0.790. The van der Waals surface area contributed by atoms with Crippen LogP contribution in [0.3, 0.4) is 0 Å². The maximum absolute atomic E-state index is 11.6. The lowest BCUT2D eigenvalue weighted by molar-refractivity contribution is -0.115. The maximum Gasteiger partial charge on any atom is 0.239 e. The molecule has 0 aliphatic carbocycles. The molecule has 2 heterocycles. The average Bonchev–Trinajstić information content (AvgIpc) is 2.75. The molecule has 7 heteroatoms. The van der Waals surface area contributed by atoms with Gasteiger partial charge in [0.2, 0.25) is 16.2 Å². The number of nitrogens with one attached hydrogen (secondary N) is 1. The van der Waals surface area contributed by atoms with E-state index >= 15 is 0 Å². The molecule has 1 unspecified atom stereocenters. The molecule has 1 aliphatic heterocycles. The van der Waals surface area contributed by atoms with Crippen LogP contribution < -0.4 is 11.1 Å². The fourth-order valence-electron chi connectivity index (χ4n) is 1.26. The van der Waals surface area contributed by atoms with E-state index in [1.165, 1.54) is 11.3 Å². The number of nitrogen functional groups attached to an aromatic ring is 1. The number of nitrogens with zero attached hydrogens (tertiary/aromatic N) is 2. The van der Waals surface area contributed by atoms with Crippen molar-refractivity contribution in [1.29, 1.82) is 0 Å². The van der Waals surface area contributed by atoms with Crippen LogP contribution in [0.5, 0.6) is 0 Å². The van der Waals surface area contributed by atoms with Crippen LogP contribution >= 0.6 is 23.1 Å². The van der Waals surface area contributed by atoms with Gasteiger partial charge in [-0.05, 0) is 18.6 Å². The van der Waals surface area contributed by atoms with Crippen molar-refractivity contribution in [2.45, 2.75) is 18.1 Å². The van der Waals surface area contributed by atoms with E-state index in [9.17, 15) is 4.79 Å². The number of carbonyl (C=O) groups excluding carboxylic acids is 1. The largest absolute Gasteiger partial charge is 0.374 e. The van der Waals surface area contributed by atoms with Crippen LogP contribution in [0.1, 0.15) is 12.8 Å². The molecule has 0 bridgehead atoms. The molecule has 1 aromatic heterocycles. The predicted molar refractivity (Wildman–Crippen MR) is 58.4 cm³/mol. The van der Waals surface area contributed by atoms with Crippen LogP contribution in [0.25, 0.3) is 0 Å². The first-order valence-corrected chi connectivity index (χ1v) is 6.13. The molecule has 2 rings (SSSR count). The average molecular weight is 230 g/mol. The van der Waals surface area contributed by atoms with Crippen LogP contribution in [0.15, 0.2) is 0 Å². The van der Waals surface area contributed by atoms with Gasteiger partial charge in [0.05, 0.1) is 5.25 Å². The summed E-state index contributed by atoms with van der Waals surface area (Å²) in [5, 5.41) is 11.0. The molecule has 0 aromatic carbocycles. The van der Waals surface area contributed by atoms with E-state index in [-0.39, 0.29) is 11.2 Å². The fourth-order valence-corrected chi connectivity index (χ4v) is 2.93. The van der Waals surface area contributed by atoms with Gasteiger partial charge in [-0.3, -0.25) is 10.1 Å². The van der Waals surface area contributed by atoms with Crippen molar-refractivity contribution in [1.82, 2.24) is 10.2 Å². The first-order valence-electron chi connectivity index (χ1n) is 4.27. The Bertz CT molecular complexity index is 334. The number of hydrogen-bond donors (Lipinski definition) is 2. The lowest BCUT2D eigenvalue weighted by atomic mass is 10.2. The van der Waals surface area contributed by atoms with E-state index in [1.807, 2.05) is 0 Å². The summed E-state index contributed by atoms with van der Waals surface area (Å²) in [4.78, 5) is 11.6. The second-order valence-corrected chi connectivity index (χ2v) is 5.26. The van der Waals surface area contributed by atoms with Crippen LogP contribution in [-0.4, -0.2) is 27.1 Å². The van der Waals surface area contributed by atoms with Crippen molar-refractivity contribution in [2.75, 3.05) is 16.8 Å². The van der Waals surface area contributed by atoms with Gasteiger partial charge in [-0.1, -0.05) is 11.3 Å². The highest BCUT2D eigenvalue weighted by molar-refractivity contribution is 8.00. The molecule has 1 saturated heterocycles. The van der Waals surface area contributed by atoms with Crippen molar-refractivity contribution >= 4 is 39.3 Å². The van der Waals surface area contributed by atoms with Gasteiger partial charge in [0.1, 0.15) is 0 Å². The topological polar surface area (TPSA) is 80.9 Å². The van der Waals surface area contributed by atoms with Gasteiger partial charge >= 0.3 is 0 Å². The smallest absolute Gasteiger partial charge is 0.239 e. The van der Waals surface area contributed by atoms with Gasteiger partial charge in [0, 0.05) is 0 Å². The zero-order valence-electron chi connectivity index (χ0n) is 7.40. The minimum Gasteiger partial charge on any atom is -0.374 e. The number of aromatic nitrogens is 2. The Kier molecular flexibility index (Phi) is 2.87. The van der Waals surface area contributed by atoms with Crippen LogP contribution in [0.4, 0.5) is 10.3 Å². The lowest BCUT2D eigenvalue weighted by Gasteiger charge is -2.05. The summed E-state index contributed by atoms with van der Waals surface area (Å²) in [6.45, 7) is 0. The summed E-state index contributed by atoms with van der Waals surface area (Å²) in [5.41, 5.74) is 5.40. The Morgan fingerprint density at radius 3 is 3.00 bits per heavy atom. The summed E-state index contributed by atoms with van der Waals surface area (Å²) < 4.78 is 0. The third-order valence-corrected chi connectivity index (χ3v) is 3.94. The van der Waals surface area contributed by atoms with Gasteiger partial charge in [-0.25, -0.2) is 0 Å². The number of nitrogens with two attached hydrogens (primary N) is 1. The minimum absolute atomic E-state index is 0.0173. The van der Waals surface area contributed by atoms with E-state index in [1.54, 1.807) is 11.8 Å². The van der Waals surface area contributed by atoms with Gasteiger partial charge in [-0.2, -0.15) is 0 Å². The van der Waals surface area contributed by atoms with Crippen molar-refractivity contribution in [3.8, 4) is 0 Å². The molecule has 1 aliphatic rings. The summed E-state index contributed by atoms with van der Waals surface area (Å²) >= 11 is 2.88. The van der Waals surface area contributed by atoms with Gasteiger partial charge in [0.15, 0.2) is 0 Å². The van der Waals surface area contributed by atoms with E-state index in [0.717, 1.165) is 18.6 Å². The summed E-state index contributed by atoms with van der Waals surface area (Å²) in [6, 6.07) is 0. The van der Waals surface area contributed by atoms with Crippen molar-refractivity contribution in [3.05, 3.63) is 0 Å². The number of amides is 1. The Morgan fingerprint density at radius 2 is 2.43 bits per heavy atom. The molecule has 1 atom stereocenters. The first-order chi connectivity index (χ1) is 6.75. The zero-order valence-corrected chi connectivity index (χ0v) is 9.03. The van der Waals surface area contributed by atoms with Gasteiger partial charge < -0.3 is 5.73 Å². The third kappa shape index (κ3) is 2.16. The number of anilines is 2. The number of rotatable bonds is 2. The molecule has 5 nitrogen and oxygen atoms in total. The molecule has 0 radical (unpaired) electrons. The van der Waals surface area contributed by atoms with Crippen LogP contribution in [0.2, 0.25) is 0 Å². The number of hydrogen-bond acceptors (Lipinski definition) is 6. The first kappa shape index (κ1) is 9.72. The monoisotopic (exact) mass is 230 g/mol. The second-order valence-electron chi connectivity index (χ2n) is 2.94. The maximum atomic E-state index is 11.6. The minimum atomic E-state index is 0.0173. The number of carbonyl (C=O) groups is 1. The van der Waals surface area contributed by atoms with Crippen molar-refractivity contribution < 1.29 is 4.79 Å². The van der Waals surface area contributed by atoms with E-state index < -0.39 is 0 Å². The van der Waals surface area contributed by atoms with Gasteiger partial charge in [-0.15, -0.1) is 22.0 Å². The van der Waals surface area contributed by atoms with Crippen molar-refractivity contribution in [2.24, 2.45) is 0 Å². The lowest BCUT2D eigenvalue weighted by Crippen LogP contribution is -2.22. The molecule has 1 fully saturated rings.